The van der Waals surface area contributed by atoms with Gasteiger partial charge in [-0.2, -0.15) is 9.97 Å². The van der Waals surface area contributed by atoms with E-state index in [1.807, 2.05) is 6.92 Å². The first-order chi connectivity index (χ1) is 8.79. The van der Waals surface area contributed by atoms with Crippen LogP contribution in [0.25, 0.3) is 0 Å². The minimum Gasteiger partial charge on any atom is -0.369 e. The number of nitrogens with zero attached hydrogens (tertiary/aromatic N) is 4. The largest absolute Gasteiger partial charge is 0.369 e. The zero-order valence-corrected chi connectivity index (χ0v) is 11.4. The number of hydrogen-bond donors (Lipinski definition) is 2. The third kappa shape index (κ3) is 3.39. The second-order valence-electron chi connectivity index (χ2n) is 3.44. The van der Waals surface area contributed by atoms with E-state index in [2.05, 4.69) is 51.2 Å². The highest BCUT2D eigenvalue weighted by atomic mass is 79.9. The van der Waals surface area contributed by atoms with Crippen LogP contribution >= 0.6 is 15.9 Å². The molecule has 2 heterocycles. The Morgan fingerprint density at radius 3 is 2.94 bits per heavy atom. The maximum absolute atomic E-state index is 4.66. The van der Waals surface area contributed by atoms with Gasteiger partial charge in [0.1, 0.15) is 5.82 Å². The van der Waals surface area contributed by atoms with Crippen molar-refractivity contribution in [1.29, 1.82) is 0 Å². The van der Waals surface area contributed by atoms with E-state index >= 15 is 0 Å². The molecule has 0 aliphatic rings. The smallest absolute Gasteiger partial charge is 0.224 e. The van der Waals surface area contributed by atoms with Gasteiger partial charge in [-0.05, 0) is 22.9 Å². The second kappa shape index (κ2) is 6.29. The Hall–Kier alpha value is -1.70. The van der Waals surface area contributed by atoms with Crippen LogP contribution in [0.5, 0.6) is 0 Å². The molecular weight excluding hydrogens is 300 g/mol. The van der Waals surface area contributed by atoms with Gasteiger partial charge in [0.2, 0.25) is 12.3 Å². The highest BCUT2D eigenvalue weighted by molar-refractivity contribution is 9.10. The van der Waals surface area contributed by atoms with Crippen LogP contribution in [0.1, 0.15) is 12.7 Å². The van der Waals surface area contributed by atoms with Crippen LogP contribution in [0, 0.1) is 0 Å². The lowest BCUT2D eigenvalue weighted by atomic mass is 10.4. The summed E-state index contributed by atoms with van der Waals surface area (Å²) in [5.74, 6) is 2.01. The fourth-order valence-corrected chi connectivity index (χ4v) is 1.66. The molecule has 0 unspecified atom stereocenters. The van der Waals surface area contributed by atoms with Crippen molar-refractivity contribution in [3.63, 3.8) is 0 Å². The Morgan fingerprint density at radius 2 is 2.22 bits per heavy atom. The van der Waals surface area contributed by atoms with Gasteiger partial charge in [0.15, 0.2) is 5.82 Å². The fraction of sp³-hybridized carbons (Fsp3) is 0.400. The quantitative estimate of drug-likeness (QED) is 0.839. The van der Waals surface area contributed by atoms with Crippen LogP contribution < -0.4 is 10.6 Å². The molecule has 8 heteroatoms. The third-order valence-electron chi connectivity index (χ3n) is 2.13. The monoisotopic (exact) mass is 312 g/mol. The summed E-state index contributed by atoms with van der Waals surface area (Å²) in [6.07, 6.45) is 3.70. The first-order valence-electron chi connectivity index (χ1n) is 5.55. The van der Waals surface area contributed by atoms with Gasteiger partial charge in [0.05, 0.1) is 4.47 Å². The lowest BCUT2D eigenvalue weighted by Crippen LogP contribution is -2.10. The van der Waals surface area contributed by atoms with E-state index in [0.29, 0.717) is 24.7 Å². The van der Waals surface area contributed by atoms with E-state index in [1.165, 1.54) is 6.39 Å². The summed E-state index contributed by atoms with van der Waals surface area (Å²) in [5, 5.41) is 9.98. The summed E-state index contributed by atoms with van der Waals surface area (Å²) < 4.78 is 5.48. The minimum atomic E-state index is 0.600. The van der Waals surface area contributed by atoms with E-state index in [9.17, 15) is 0 Å². The van der Waals surface area contributed by atoms with Gasteiger partial charge in [-0.3, -0.25) is 0 Å². The zero-order chi connectivity index (χ0) is 12.8. The predicted octanol–water partition coefficient (Wildman–Crippen LogP) is 1.71. The third-order valence-corrected chi connectivity index (χ3v) is 2.71. The van der Waals surface area contributed by atoms with E-state index in [1.54, 1.807) is 6.20 Å². The molecule has 2 aromatic heterocycles. The van der Waals surface area contributed by atoms with Crippen LogP contribution in [0.3, 0.4) is 0 Å². The van der Waals surface area contributed by atoms with Crippen molar-refractivity contribution in [1.82, 2.24) is 20.1 Å². The topological polar surface area (TPSA) is 88.8 Å². The molecule has 0 saturated carbocycles. The molecule has 0 atom stereocenters. The summed E-state index contributed by atoms with van der Waals surface area (Å²) in [5.41, 5.74) is 0. The summed E-state index contributed by atoms with van der Waals surface area (Å²) in [6, 6.07) is 0. The first kappa shape index (κ1) is 12.7. The molecule has 2 rings (SSSR count). The SMILES string of the molecule is CCNc1ncc(Br)c(NCCc2ncon2)n1. The number of halogens is 1. The van der Waals surface area contributed by atoms with E-state index < -0.39 is 0 Å². The van der Waals surface area contributed by atoms with E-state index in [4.69, 9.17) is 0 Å². The summed E-state index contributed by atoms with van der Waals surface area (Å²) in [4.78, 5) is 12.4. The molecule has 0 bridgehead atoms. The molecule has 96 valence electrons. The Kier molecular flexibility index (Phi) is 4.46. The number of aromatic nitrogens is 4. The van der Waals surface area contributed by atoms with Crippen molar-refractivity contribution in [2.75, 3.05) is 23.7 Å². The Morgan fingerprint density at radius 1 is 1.33 bits per heavy atom. The highest BCUT2D eigenvalue weighted by Gasteiger charge is 2.05. The Balaban J connectivity index is 1.93. The molecule has 0 spiro atoms. The summed E-state index contributed by atoms with van der Waals surface area (Å²) >= 11 is 3.40. The van der Waals surface area contributed by atoms with Gasteiger partial charge in [0, 0.05) is 25.7 Å². The lowest BCUT2D eigenvalue weighted by molar-refractivity contribution is 0.410. The summed E-state index contributed by atoms with van der Waals surface area (Å²) in [7, 11) is 0. The van der Waals surface area contributed by atoms with Crippen LogP contribution in [-0.2, 0) is 6.42 Å². The Bertz CT molecular complexity index is 489. The van der Waals surface area contributed by atoms with Gasteiger partial charge in [-0.25, -0.2) is 4.98 Å². The van der Waals surface area contributed by atoms with Crippen molar-refractivity contribution < 1.29 is 4.52 Å². The lowest BCUT2D eigenvalue weighted by Gasteiger charge is -2.08. The standard InChI is InChI=1S/C10H13BrN6O/c1-2-12-10-14-5-7(11)9(16-10)13-4-3-8-15-6-18-17-8/h5-6H,2-4H2,1H3,(H2,12,13,14,16). The molecule has 0 amide bonds. The molecular formula is C10H13BrN6O. The molecule has 0 aromatic carbocycles. The molecule has 7 nitrogen and oxygen atoms in total. The molecule has 2 aromatic rings. The zero-order valence-electron chi connectivity index (χ0n) is 9.85. The normalized spacial score (nSPS) is 10.3. The molecule has 0 aliphatic carbocycles. The van der Waals surface area contributed by atoms with Crippen molar-refractivity contribution in [2.24, 2.45) is 0 Å². The maximum atomic E-state index is 4.66. The van der Waals surface area contributed by atoms with Crippen LogP contribution in [0.4, 0.5) is 11.8 Å². The fourth-order valence-electron chi connectivity index (χ4n) is 1.33. The second-order valence-corrected chi connectivity index (χ2v) is 4.30. The van der Waals surface area contributed by atoms with Crippen LogP contribution in [-0.4, -0.2) is 33.2 Å². The predicted molar refractivity (Wildman–Crippen MR) is 70.4 cm³/mol. The van der Waals surface area contributed by atoms with Crippen molar-refractivity contribution in [3.8, 4) is 0 Å². The van der Waals surface area contributed by atoms with Gasteiger partial charge in [-0.1, -0.05) is 5.16 Å². The number of nitrogens with one attached hydrogen (secondary N) is 2. The van der Waals surface area contributed by atoms with Gasteiger partial charge in [-0.15, -0.1) is 0 Å². The van der Waals surface area contributed by atoms with Gasteiger partial charge < -0.3 is 15.2 Å². The number of hydrogen-bond acceptors (Lipinski definition) is 7. The van der Waals surface area contributed by atoms with E-state index in [0.717, 1.165) is 16.8 Å². The highest BCUT2D eigenvalue weighted by Crippen LogP contribution is 2.19. The minimum absolute atomic E-state index is 0.600. The molecule has 0 aliphatic heterocycles. The Labute approximate surface area is 113 Å². The average molecular weight is 313 g/mol. The molecule has 2 N–H and O–H groups in total. The number of anilines is 2. The van der Waals surface area contributed by atoms with Crippen LogP contribution in [0.2, 0.25) is 0 Å². The van der Waals surface area contributed by atoms with Gasteiger partial charge >= 0.3 is 0 Å². The van der Waals surface area contributed by atoms with Crippen molar-refractivity contribution in [3.05, 3.63) is 22.9 Å². The summed E-state index contributed by atoms with van der Waals surface area (Å²) in [6.45, 7) is 3.44. The van der Waals surface area contributed by atoms with Gasteiger partial charge in [0.25, 0.3) is 0 Å². The van der Waals surface area contributed by atoms with Crippen molar-refractivity contribution in [2.45, 2.75) is 13.3 Å². The molecule has 0 radical (unpaired) electrons. The van der Waals surface area contributed by atoms with Crippen LogP contribution in [0.15, 0.2) is 21.6 Å². The van der Waals surface area contributed by atoms with E-state index in [-0.39, 0.29) is 0 Å². The molecule has 0 saturated heterocycles. The molecule has 18 heavy (non-hydrogen) atoms. The average Bonchev–Trinajstić information content (AvgIpc) is 2.86. The number of rotatable bonds is 6. The molecule has 0 fully saturated rings. The maximum Gasteiger partial charge on any atom is 0.224 e. The first-order valence-corrected chi connectivity index (χ1v) is 6.34. The van der Waals surface area contributed by atoms with Crippen molar-refractivity contribution >= 4 is 27.7 Å².